The SMILES string of the molecule is Cc1ccc(C)c(-n2nnnc2SCC(=O)N[C@](C)(C#N)C2CC2)c1. The molecule has 1 fully saturated rings. The third-order valence-corrected chi connectivity index (χ3v) is 5.31. The van der Waals surface area contributed by atoms with Gasteiger partial charge in [0.25, 0.3) is 0 Å². The van der Waals surface area contributed by atoms with E-state index >= 15 is 0 Å². The normalized spacial score (nSPS) is 16.1. The van der Waals surface area contributed by atoms with E-state index in [2.05, 4.69) is 26.9 Å². The minimum atomic E-state index is -0.781. The largest absolute Gasteiger partial charge is 0.337 e. The van der Waals surface area contributed by atoms with Crippen molar-refractivity contribution in [2.45, 2.75) is 44.3 Å². The van der Waals surface area contributed by atoms with Gasteiger partial charge in [-0.2, -0.15) is 9.94 Å². The number of carbonyl (C=O) groups is 1. The highest BCUT2D eigenvalue weighted by atomic mass is 32.2. The second-order valence-corrected chi connectivity index (χ2v) is 7.53. The number of tetrazole rings is 1. The van der Waals surface area contributed by atoms with Crippen LogP contribution in [-0.4, -0.2) is 37.4 Å². The van der Waals surface area contributed by atoms with E-state index < -0.39 is 5.54 Å². The number of nitrogens with one attached hydrogen (secondary N) is 1. The predicted octanol–water partition coefficient (Wildman–Crippen LogP) is 2.18. The minimum absolute atomic E-state index is 0.162. The summed E-state index contributed by atoms with van der Waals surface area (Å²) < 4.78 is 1.64. The smallest absolute Gasteiger partial charge is 0.231 e. The van der Waals surface area contributed by atoms with Gasteiger partial charge in [0.15, 0.2) is 0 Å². The lowest BCUT2D eigenvalue weighted by Crippen LogP contribution is -2.47. The lowest BCUT2D eigenvalue weighted by atomic mass is 9.98. The summed E-state index contributed by atoms with van der Waals surface area (Å²) in [5.41, 5.74) is 2.28. The number of hydrogen-bond donors (Lipinski definition) is 1. The fraction of sp³-hybridized carbons (Fsp3) is 0.471. The molecular formula is C17H20N6OS. The van der Waals surface area contributed by atoms with Gasteiger partial charge >= 0.3 is 0 Å². The molecule has 1 aromatic carbocycles. The number of carbonyl (C=O) groups excluding carboxylic acids is 1. The highest BCUT2D eigenvalue weighted by Crippen LogP contribution is 2.39. The molecule has 130 valence electrons. The topological polar surface area (TPSA) is 96.5 Å². The van der Waals surface area contributed by atoms with Crippen LogP contribution < -0.4 is 5.32 Å². The maximum Gasteiger partial charge on any atom is 0.231 e. The van der Waals surface area contributed by atoms with Crippen LogP contribution in [0.1, 0.15) is 30.9 Å². The monoisotopic (exact) mass is 356 g/mol. The molecule has 1 aliphatic carbocycles. The van der Waals surface area contributed by atoms with E-state index in [1.165, 1.54) is 11.8 Å². The Morgan fingerprint density at radius 3 is 2.92 bits per heavy atom. The first-order chi connectivity index (χ1) is 11.9. The molecule has 25 heavy (non-hydrogen) atoms. The molecule has 1 aromatic heterocycles. The Morgan fingerprint density at radius 2 is 2.24 bits per heavy atom. The molecule has 0 aliphatic heterocycles. The lowest BCUT2D eigenvalue weighted by Gasteiger charge is -2.22. The fourth-order valence-corrected chi connectivity index (χ4v) is 3.39. The van der Waals surface area contributed by atoms with Crippen molar-refractivity contribution in [2.24, 2.45) is 5.92 Å². The van der Waals surface area contributed by atoms with Crippen molar-refractivity contribution >= 4 is 17.7 Å². The summed E-state index contributed by atoms with van der Waals surface area (Å²) in [7, 11) is 0. The average Bonchev–Trinajstić information content (AvgIpc) is 3.35. The Hall–Kier alpha value is -2.40. The summed E-state index contributed by atoms with van der Waals surface area (Å²) in [5.74, 6) is 0.234. The van der Waals surface area contributed by atoms with Crippen LogP contribution in [0.3, 0.4) is 0 Å². The van der Waals surface area contributed by atoms with Crippen LogP contribution in [0.2, 0.25) is 0 Å². The number of thioether (sulfide) groups is 1. The number of nitriles is 1. The molecule has 0 unspecified atom stereocenters. The maximum atomic E-state index is 12.3. The van der Waals surface area contributed by atoms with E-state index in [4.69, 9.17) is 0 Å². The molecule has 2 aromatic rings. The number of nitrogens with zero attached hydrogens (tertiary/aromatic N) is 5. The number of amides is 1. The van der Waals surface area contributed by atoms with Crippen LogP contribution in [-0.2, 0) is 4.79 Å². The maximum absolute atomic E-state index is 12.3. The summed E-state index contributed by atoms with van der Waals surface area (Å²) >= 11 is 1.26. The first kappa shape index (κ1) is 17.4. The van der Waals surface area contributed by atoms with E-state index in [1.807, 2.05) is 32.0 Å². The molecule has 0 saturated heterocycles. The van der Waals surface area contributed by atoms with Crippen LogP contribution in [0.4, 0.5) is 0 Å². The van der Waals surface area contributed by atoms with Gasteiger partial charge in [0, 0.05) is 0 Å². The van der Waals surface area contributed by atoms with Crippen molar-refractivity contribution in [3.8, 4) is 11.8 Å². The molecule has 1 N–H and O–H groups in total. The van der Waals surface area contributed by atoms with E-state index in [-0.39, 0.29) is 17.6 Å². The number of rotatable bonds is 6. The van der Waals surface area contributed by atoms with Crippen molar-refractivity contribution in [3.05, 3.63) is 29.3 Å². The number of aromatic nitrogens is 4. The summed E-state index contributed by atoms with van der Waals surface area (Å²) in [5, 5.41) is 24.5. The van der Waals surface area contributed by atoms with Crippen LogP contribution >= 0.6 is 11.8 Å². The van der Waals surface area contributed by atoms with E-state index in [0.717, 1.165) is 29.7 Å². The molecule has 0 spiro atoms. The summed E-state index contributed by atoms with van der Waals surface area (Å²) in [6.45, 7) is 5.78. The molecule has 0 radical (unpaired) electrons. The molecule has 0 bridgehead atoms. The van der Waals surface area contributed by atoms with Gasteiger partial charge in [0.2, 0.25) is 11.1 Å². The third kappa shape index (κ3) is 3.82. The lowest BCUT2D eigenvalue weighted by molar-refractivity contribution is -0.119. The second-order valence-electron chi connectivity index (χ2n) is 6.59. The molecule has 3 rings (SSSR count). The molecule has 1 heterocycles. The Balaban J connectivity index is 1.69. The van der Waals surface area contributed by atoms with Gasteiger partial charge in [0.05, 0.1) is 17.5 Å². The second kappa shape index (κ2) is 6.84. The number of aryl methyl sites for hydroxylation is 2. The van der Waals surface area contributed by atoms with E-state index in [0.29, 0.717) is 5.16 Å². The molecule has 1 aliphatic rings. The first-order valence-corrected chi connectivity index (χ1v) is 9.12. The summed E-state index contributed by atoms with van der Waals surface area (Å²) in [4.78, 5) is 12.3. The Kier molecular flexibility index (Phi) is 4.77. The van der Waals surface area contributed by atoms with Crippen molar-refractivity contribution in [1.82, 2.24) is 25.5 Å². The van der Waals surface area contributed by atoms with Crippen LogP contribution in [0, 0.1) is 31.1 Å². The Labute approximate surface area is 150 Å². The molecular weight excluding hydrogens is 336 g/mol. The standard InChI is InChI=1S/C17H20N6OS/c1-11-4-5-12(2)14(8-11)23-16(20-21-22-23)25-9-15(24)19-17(3,10-18)13-6-7-13/h4-5,8,13H,6-7,9H2,1-3H3,(H,19,24)/t17-/m1/s1. The molecule has 1 amide bonds. The van der Waals surface area contributed by atoms with Gasteiger partial charge in [-0.25, -0.2) is 0 Å². The van der Waals surface area contributed by atoms with E-state index in [9.17, 15) is 10.1 Å². The van der Waals surface area contributed by atoms with Crippen LogP contribution in [0.25, 0.3) is 5.69 Å². The highest BCUT2D eigenvalue weighted by molar-refractivity contribution is 7.99. The fourth-order valence-electron chi connectivity index (χ4n) is 2.71. The summed E-state index contributed by atoms with van der Waals surface area (Å²) in [6, 6.07) is 8.29. The minimum Gasteiger partial charge on any atom is -0.337 e. The van der Waals surface area contributed by atoms with Gasteiger partial charge in [0.1, 0.15) is 5.54 Å². The molecule has 1 saturated carbocycles. The highest BCUT2D eigenvalue weighted by Gasteiger charge is 2.42. The quantitative estimate of drug-likeness (QED) is 0.797. The van der Waals surface area contributed by atoms with Crippen LogP contribution in [0.15, 0.2) is 23.4 Å². The number of benzene rings is 1. The zero-order valence-electron chi connectivity index (χ0n) is 14.5. The first-order valence-electron chi connectivity index (χ1n) is 8.14. The van der Waals surface area contributed by atoms with Gasteiger partial charge in [-0.05, 0) is 67.2 Å². The van der Waals surface area contributed by atoms with Crippen molar-refractivity contribution in [3.63, 3.8) is 0 Å². The summed E-state index contributed by atoms with van der Waals surface area (Å²) in [6.07, 6.45) is 1.98. The van der Waals surface area contributed by atoms with Gasteiger partial charge < -0.3 is 5.32 Å². The Morgan fingerprint density at radius 1 is 1.48 bits per heavy atom. The van der Waals surface area contributed by atoms with Crippen molar-refractivity contribution in [2.75, 3.05) is 5.75 Å². The van der Waals surface area contributed by atoms with E-state index in [1.54, 1.807) is 11.6 Å². The van der Waals surface area contributed by atoms with Gasteiger partial charge in [-0.15, -0.1) is 5.10 Å². The zero-order valence-corrected chi connectivity index (χ0v) is 15.3. The zero-order chi connectivity index (χ0) is 18.0. The number of hydrogen-bond acceptors (Lipinski definition) is 6. The van der Waals surface area contributed by atoms with Crippen molar-refractivity contribution < 1.29 is 4.79 Å². The molecule has 8 heteroatoms. The van der Waals surface area contributed by atoms with Gasteiger partial charge in [-0.3, -0.25) is 4.79 Å². The molecule has 7 nitrogen and oxygen atoms in total. The Bertz CT molecular complexity index is 838. The average molecular weight is 356 g/mol. The third-order valence-electron chi connectivity index (χ3n) is 4.39. The molecule has 1 atom stereocenters. The predicted molar refractivity (Wildman–Crippen MR) is 94.2 cm³/mol. The van der Waals surface area contributed by atoms with Crippen molar-refractivity contribution in [1.29, 1.82) is 5.26 Å². The van der Waals surface area contributed by atoms with Gasteiger partial charge in [-0.1, -0.05) is 23.9 Å². The van der Waals surface area contributed by atoms with Crippen LogP contribution in [0.5, 0.6) is 0 Å².